The van der Waals surface area contributed by atoms with E-state index in [1.165, 1.54) is 48.4 Å². The first-order chi connectivity index (χ1) is 21.4. The number of sulfone groups is 1. The van der Waals surface area contributed by atoms with Gasteiger partial charge in [-0.3, -0.25) is 4.79 Å². The van der Waals surface area contributed by atoms with E-state index in [-0.39, 0.29) is 40.9 Å². The van der Waals surface area contributed by atoms with Crippen LogP contribution >= 0.6 is 11.6 Å². The van der Waals surface area contributed by atoms with E-state index in [9.17, 15) is 26.8 Å². The maximum atomic E-state index is 15.5. The van der Waals surface area contributed by atoms with Crippen LogP contribution in [0.2, 0.25) is 5.02 Å². The highest BCUT2D eigenvalue weighted by Crippen LogP contribution is 2.30. The van der Waals surface area contributed by atoms with E-state index in [1.54, 1.807) is 6.07 Å². The summed E-state index contributed by atoms with van der Waals surface area (Å²) < 4.78 is 80.6. The average Bonchev–Trinajstić information content (AvgIpc) is 3.41. The van der Waals surface area contributed by atoms with Gasteiger partial charge in [-0.25, -0.2) is 27.6 Å². The summed E-state index contributed by atoms with van der Waals surface area (Å²) in [5, 5.41) is 2.98. The third-order valence-electron chi connectivity index (χ3n) is 6.85. The number of anilines is 1. The Balaban J connectivity index is 1.52. The molecule has 45 heavy (non-hydrogen) atoms. The molecule has 0 spiro atoms. The molecule has 17 heteroatoms. The molecule has 4 rings (SSSR count). The van der Waals surface area contributed by atoms with Gasteiger partial charge in [-0.1, -0.05) is 30.7 Å². The number of amides is 2. The van der Waals surface area contributed by atoms with Crippen molar-refractivity contribution in [3.8, 4) is 5.88 Å². The number of hydrogen-bond acceptors (Lipinski definition) is 10. The molecule has 3 N–H and O–H groups in total. The average molecular weight is 672 g/mol. The van der Waals surface area contributed by atoms with Crippen LogP contribution in [0.3, 0.4) is 0 Å². The summed E-state index contributed by atoms with van der Waals surface area (Å²) in [7, 11) is -3.49. The summed E-state index contributed by atoms with van der Waals surface area (Å²) in [6, 6.07) is 7.85. The van der Waals surface area contributed by atoms with E-state index in [0.717, 1.165) is 12.3 Å². The third kappa shape index (κ3) is 8.95. The van der Waals surface area contributed by atoms with Gasteiger partial charge >= 0.3 is 12.7 Å². The molecule has 1 unspecified atom stereocenters. The highest BCUT2D eigenvalue weighted by Gasteiger charge is 2.37. The lowest BCUT2D eigenvalue weighted by atomic mass is 10.1. The number of aromatic nitrogens is 2. The van der Waals surface area contributed by atoms with Crippen LogP contribution in [0.5, 0.6) is 5.88 Å². The molecule has 1 aromatic carbocycles. The van der Waals surface area contributed by atoms with Gasteiger partial charge in [-0.15, -0.1) is 0 Å². The maximum Gasteiger partial charge on any atom is 0.404 e. The number of primary amides is 1. The molecular weight excluding hydrogens is 643 g/mol. The fraction of sp³-hybridized carbons (Fsp3) is 0.357. The van der Waals surface area contributed by atoms with Gasteiger partial charge in [0.2, 0.25) is 5.88 Å². The molecule has 1 fully saturated rings. The van der Waals surface area contributed by atoms with Crippen LogP contribution in [0.25, 0.3) is 0 Å². The largest absolute Gasteiger partial charge is 0.472 e. The molecule has 0 saturated carbocycles. The summed E-state index contributed by atoms with van der Waals surface area (Å²) >= 11 is 5.85. The lowest BCUT2D eigenvalue weighted by Gasteiger charge is -2.25. The molecule has 0 radical (unpaired) electrons. The first-order valence-corrected chi connectivity index (χ1v) is 15.5. The summed E-state index contributed by atoms with van der Waals surface area (Å²) in [5.41, 5.74) is 5.25. The Kier molecular flexibility index (Phi) is 11.1. The van der Waals surface area contributed by atoms with Gasteiger partial charge in [0, 0.05) is 24.9 Å². The van der Waals surface area contributed by atoms with Crippen molar-refractivity contribution in [2.24, 2.45) is 5.73 Å². The first kappa shape index (κ1) is 33.7. The van der Waals surface area contributed by atoms with Crippen LogP contribution in [0.4, 0.5) is 23.8 Å². The summed E-state index contributed by atoms with van der Waals surface area (Å²) in [6.45, 7) is -2.36. The van der Waals surface area contributed by atoms with Crippen molar-refractivity contribution in [3.63, 3.8) is 0 Å². The van der Waals surface area contributed by atoms with Crippen molar-refractivity contribution in [1.82, 2.24) is 15.3 Å². The fourth-order valence-electron chi connectivity index (χ4n) is 4.63. The number of halogens is 4. The smallest absolute Gasteiger partial charge is 0.404 e. The molecule has 1 saturated heterocycles. The second-order valence-electron chi connectivity index (χ2n) is 9.85. The Morgan fingerprint density at radius 3 is 2.49 bits per heavy atom. The van der Waals surface area contributed by atoms with E-state index in [2.05, 4.69) is 20.0 Å². The Bertz CT molecular complexity index is 1600. The maximum absolute atomic E-state index is 15.5. The molecule has 2 amide bonds. The number of nitrogens with two attached hydrogens (primary N) is 1. The molecule has 1 aliphatic heterocycles. The molecule has 0 bridgehead atoms. The van der Waals surface area contributed by atoms with Gasteiger partial charge in [0.1, 0.15) is 12.7 Å². The standard InChI is InChI=1S/C28H29ClF3N5O7S/c1-2-45(40,41)21-6-3-16(4-7-21)23(15-43-28(33)39)36-26(38)17-9-22(30)25(35-11-17)37-13-20(10-19(37)14-42-27(31)32)44-24-8-5-18(29)12-34-24/h3-9,11-12,19-20,23,27H,2,10,13-15H2,1H3,(H2,33,39)(H,36,38)/t19-,20?,23-/m0/s1. The molecule has 2 aromatic heterocycles. The van der Waals surface area contributed by atoms with Gasteiger partial charge in [0.05, 0.1) is 46.5 Å². The minimum absolute atomic E-state index is 0.0489. The van der Waals surface area contributed by atoms with E-state index in [0.29, 0.717) is 10.6 Å². The van der Waals surface area contributed by atoms with E-state index in [1.807, 2.05) is 0 Å². The van der Waals surface area contributed by atoms with Gasteiger partial charge in [-0.2, -0.15) is 8.78 Å². The topological polar surface area (TPSA) is 163 Å². The molecule has 242 valence electrons. The fourth-order valence-corrected chi connectivity index (χ4v) is 5.63. The first-order valence-electron chi connectivity index (χ1n) is 13.5. The second-order valence-corrected chi connectivity index (χ2v) is 12.6. The summed E-state index contributed by atoms with van der Waals surface area (Å²) in [6.07, 6.45) is 0.958. The third-order valence-corrected chi connectivity index (χ3v) is 8.83. The minimum Gasteiger partial charge on any atom is -0.472 e. The Morgan fingerprint density at radius 2 is 1.89 bits per heavy atom. The predicted molar refractivity (Wildman–Crippen MR) is 155 cm³/mol. The zero-order valence-corrected chi connectivity index (χ0v) is 25.3. The van der Waals surface area contributed by atoms with E-state index >= 15 is 4.39 Å². The van der Waals surface area contributed by atoms with Gasteiger partial charge in [-0.05, 0) is 29.8 Å². The Hall–Kier alpha value is -4.15. The SMILES string of the molecule is CCS(=O)(=O)c1ccc([C@H](COC(N)=O)NC(=O)c2cnc(N3CC(Oc4ccc(Cl)cn4)C[C@H]3COC(F)F)c(F)c2)cc1. The number of pyridine rings is 2. The molecule has 0 aliphatic carbocycles. The number of carbonyl (C=O) groups excluding carboxylic acids is 2. The predicted octanol–water partition coefficient (Wildman–Crippen LogP) is 3.89. The monoisotopic (exact) mass is 671 g/mol. The number of nitrogens with one attached hydrogen (secondary N) is 1. The molecular formula is C28H29ClF3N5O7S. The number of rotatable bonds is 13. The van der Waals surface area contributed by atoms with Crippen LogP contribution in [0, 0.1) is 5.82 Å². The molecule has 3 atom stereocenters. The van der Waals surface area contributed by atoms with Crippen LogP contribution in [-0.4, -0.2) is 74.7 Å². The van der Waals surface area contributed by atoms with Gasteiger partial charge in [0.15, 0.2) is 21.5 Å². The van der Waals surface area contributed by atoms with Gasteiger partial charge < -0.3 is 30.2 Å². The van der Waals surface area contributed by atoms with Crippen molar-refractivity contribution in [1.29, 1.82) is 0 Å². The number of alkyl halides is 2. The molecule has 3 aromatic rings. The second kappa shape index (κ2) is 14.8. The van der Waals surface area contributed by atoms with Gasteiger partial charge in [0.25, 0.3) is 5.91 Å². The lowest BCUT2D eigenvalue weighted by molar-refractivity contribution is -0.131. The van der Waals surface area contributed by atoms with Crippen LogP contribution in [0.15, 0.2) is 59.8 Å². The van der Waals surface area contributed by atoms with Crippen LogP contribution < -0.4 is 20.7 Å². The quantitative estimate of drug-likeness (QED) is 0.273. The molecule has 12 nitrogen and oxygen atoms in total. The number of ether oxygens (including phenoxy) is 3. The highest BCUT2D eigenvalue weighted by molar-refractivity contribution is 7.91. The van der Waals surface area contributed by atoms with Crippen molar-refractivity contribution < 1.29 is 45.4 Å². The number of nitrogens with zero attached hydrogens (tertiary/aromatic N) is 3. The van der Waals surface area contributed by atoms with Crippen LogP contribution in [0.1, 0.15) is 35.3 Å². The van der Waals surface area contributed by atoms with E-state index < -0.39 is 65.7 Å². The highest BCUT2D eigenvalue weighted by atomic mass is 35.5. The zero-order valence-electron chi connectivity index (χ0n) is 23.7. The van der Waals surface area contributed by atoms with Crippen LogP contribution in [-0.2, 0) is 19.3 Å². The minimum atomic E-state index is -3.49. The Morgan fingerprint density at radius 1 is 1.16 bits per heavy atom. The summed E-state index contributed by atoms with van der Waals surface area (Å²) in [4.78, 5) is 34.0. The summed E-state index contributed by atoms with van der Waals surface area (Å²) in [5.74, 6) is -1.82. The zero-order chi connectivity index (χ0) is 32.7. The van der Waals surface area contributed by atoms with Crippen molar-refractivity contribution in [3.05, 3.63) is 76.8 Å². The Labute approximate surface area is 261 Å². The number of benzene rings is 1. The molecule has 3 heterocycles. The lowest BCUT2D eigenvalue weighted by Crippen LogP contribution is -2.36. The van der Waals surface area contributed by atoms with Crippen molar-refractivity contribution in [2.75, 3.05) is 30.4 Å². The molecule has 1 aliphatic rings. The van der Waals surface area contributed by atoms with Crippen molar-refractivity contribution in [2.45, 2.75) is 43.0 Å². The van der Waals surface area contributed by atoms with Crippen molar-refractivity contribution >= 4 is 39.3 Å². The number of hydrogen-bond donors (Lipinski definition) is 2. The van der Waals surface area contributed by atoms with E-state index in [4.69, 9.17) is 26.8 Å². The normalized spacial score (nSPS) is 17.2. The number of carbonyl (C=O) groups is 2.